The molecule has 2 amide bonds. The number of aliphatic carboxylic acids is 1. The number of nitrogens with one attached hydrogen (secondary N) is 2. The van der Waals surface area contributed by atoms with Gasteiger partial charge >= 0.3 is 47.9 Å². The maximum Gasteiger partial charge on any atom is 0.407 e. The van der Waals surface area contributed by atoms with Crippen molar-refractivity contribution in [2.45, 2.75) is 135 Å². The summed E-state index contributed by atoms with van der Waals surface area (Å²) in [5, 5.41) is 15.2. The summed E-state index contributed by atoms with van der Waals surface area (Å²) in [5.74, 6) is -8.12. The summed E-state index contributed by atoms with van der Waals surface area (Å²) in [6, 6.07) is 11.7. The Labute approximate surface area is 389 Å². The second-order valence-corrected chi connectivity index (χ2v) is 15.9. The number of hydrogen-bond donors (Lipinski definition) is 3. The van der Waals surface area contributed by atoms with Gasteiger partial charge in [0, 0.05) is 54.4 Å². The van der Waals surface area contributed by atoms with Crippen molar-refractivity contribution < 1.29 is 100 Å². The molecule has 2 aromatic carbocycles. The first-order chi connectivity index (χ1) is 32.1. The van der Waals surface area contributed by atoms with Crippen molar-refractivity contribution in [2.24, 2.45) is 0 Å². The summed E-state index contributed by atoms with van der Waals surface area (Å²) in [4.78, 5) is 113. The number of fused-ring (bicyclic) bond motifs is 3. The van der Waals surface area contributed by atoms with Crippen LogP contribution in [0, 0.1) is 0 Å². The minimum absolute atomic E-state index is 0.152. The van der Waals surface area contributed by atoms with Crippen LogP contribution < -0.4 is 10.6 Å². The van der Waals surface area contributed by atoms with Crippen LogP contribution in [0.2, 0.25) is 0 Å². The Morgan fingerprint density at radius 3 is 1.54 bits per heavy atom. The van der Waals surface area contributed by atoms with Crippen LogP contribution in [0.5, 0.6) is 0 Å². The molecule has 0 aromatic heterocycles. The van der Waals surface area contributed by atoms with Crippen molar-refractivity contribution in [3.05, 3.63) is 59.7 Å². The van der Waals surface area contributed by atoms with Gasteiger partial charge in [-0.3, -0.25) is 33.6 Å². The number of esters is 6. The lowest BCUT2D eigenvalue weighted by molar-refractivity contribution is -0.352. The number of alkyl carbamates (subject to hydrolysis) is 1. The van der Waals surface area contributed by atoms with Crippen molar-refractivity contribution in [3.63, 3.8) is 0 Å². The first kappa shape index (κ1) is 52.3. The lowest BCUT2D eigenvalue weighted by atomic mass is 9.94. The molecule has 3 N–H and O–H groups in total. The first-order valence-corrected chi connectivity index (χ1v) is 21.3. The van der Waals surface area contributed by atoms with E-state index in [1.807, 2.05) is 48.5 Å². The summed E-state index contributed by atoms with van der Waals surface area (Å²) < 4.78 is 63.0. The quantitative estimate of drug-likeness (QED) is 0.141. The van der Waals surface area contributed by atoms with Gasteiger partial charge in [-0.15, -0.1) is 0 Å². The average molecular weight is 959 g/mol. The summed E-state index contributed by atoms with van der Waals surface area (Å²) in [5.41, 5.74) is 3.75. The highest BCUT2D eigenvalue weighted by molar-refractivity contribution is 5.81. The molecular formula is C45H54N2O21. The van der Waals surface area contributed by atoms with Crippen LogP contribution >= 0.6 is 0 Å². The molecule has 2 fully saturated rings. The number of amides is 2. The minimum Gasteiger partial charge on any atom is -0.480 e. The highest BCUT2D eigenvalue weighted by atomic mass is 16.8. The number of carbonyl (C=O) groups is 9. The molecule has 0 radical (unpaired) electrons. The maximum absolute atomic E-state index is 13.3. The highest BCUT2D eigenvalue weighted by Crippen LogP contribution is 2.44. The number of carboxylic acids is 1. The SMILES string of the molecule is CC(=O)NC1C(OC(C)C(NC(=O)OCC2c3ccccc3-c3ccccc32)C(=O)O)OC(COC(C)=O)C(OC2OC(COC(C)=O)C(OC(C)=O)C(OC(C)=O)C2OC(C)=O)C1OC(C)=O. The predicted octanol–water partition coefficient (Wildman–Crippen LogP) is 1.58. The molecule has 3 aliphatic rings. The molecular weight excluding hydrogens is 904 g/mol. The van der Waals surface area contributed by atoms with Gasteiger partial charge in [0.25, 0.3) is 0 Å². The number of rotatable bonds is 18. The molecule has 0 saturated carbocycles. The van der Waals surface area contributed by atoms with Gasteiger partial charge in [0.1, 0.15) is 44.2 Å². The van der Waals surface area contributed by atoms with E-state index >= 15 is 0 Å². The molecule has 12 unspecified atom stereocenters. The number of carboxylic acid groups (broad SMARTS) is 1. The third-order valence-corrected chi connectivity index (χ3v) is 10.7. The molecule has 2 aliphatic heterocycles. The van der Waals surface area contributed by atoms with E-state index in [-0.39, 0.29) is 12.5 Å². The third-order valence-electron chi connectivity index (χ3n) is 10.7. The van der Waals surface area contributed by atoms with E-state index in [0.717, 1.165) is 70.7 Å². The first-order valence-electron chi connectivity index (χ1n) is 21.3. The van der Waals surface area contributed by atoms with Crippen LogP contribution in [0.4, 0.5) is 4.79 Å². The van der Waals surface area contributed by atoms with Gasteiger partial charge in [-0.2, -0.15) is 0 Å². The molecule has 5 rings (SSSR count). The zero-order valence-corrected chi connectivity index (χ0v) is 38.4. The van der Waals surface area contributed by atoms with E-state index < -0.39 is 140 Å². The summed E-state index contributed by atoms with van der Waals surface area (Å²) in [6.07, 6.45) is -17.9. The lowest BCUT2D eigenvalue weighted by Gasteiger charge is -2.49. The van der Waals surface area contributed by atoms with E-state index in [2.05, 4.69) is 10.6 Å². The largest absolute Gasteiger partial charge is 0.480 e. The average Bonchev–Trinajstić information content (AvgIpc) is 3.57. The fraction of sp³-hybridized carbons (Fsp3) is 0.533. The van der Waals surface area contributed by atoms with Crippen molar-refractivity contribution in [2.75, 3.05) is 19.8 Å². The van der Waals surface area contributed by atoms with Gasteiger partial charge in [0.2, 0.25) is 5.91 Å². The van der Waals surface area contributed by atoms with Crippen LogP contribution in [0.15, 0.2) is 48.5 Å². The van der Waals surface area contributed by atoms with Crippen LogP contribution in [-0.4, -0.2) is 152 Å². The number of ether oxygens (including phenoxy) is 11. The van der Waals surface area contributed by atoms with Gasteiger partial charge in [-0.1, -0.05) is 48.5 Å². The van der Waals surface area contributed by atoms with Crippen molar-refractivity contribution in [3.8, 4) is 11.1 Å². The predicted molar refractivity (Wildman–Crippen MR) is 225 cm³/mol. The fourth-order valence-corrected chi connectivity index (χ4v) is 8.13. The molecule has 23 nitrogen and oxygen atoms in total. The van der Waals surface area contributed by atoms with E-state index in [4.69, 9.17) is 52.1 Å². The zero-order valence-electron chi connectivity index (χ0n) is 38.4. The van der Waals surface area contributed by atoms with Gasteiger partial charge < -0.3 is 67.8 Å². The third kappa shape index (κ3) is 13.5. The van der Waals surface area contributed by atoms with Gasteiger partial charge in [-0.25, -0.2) is 9.59 Å². The summed E-state index contributed by atoms with van der Waals surface area (Å²) >= 11 is 0. The second kappa shape index (κ2) is 23.4. The van der Waals surface area contributed by atoms with Gasteiger partial charge in [0.05, 0.1) is 6.10 Å². The molecule has 2 aromatic rings. The standard InChI is InChI=1S/C45H54N2O21/c1-20(35(42(55)56)47-45(57)60-17-32-30-15-11-9-13-28(30)29-14-10-12-16-31(29)32)61-43-36(46-21(2)48)39(63-25(6)52)37(33(66-43)18-58-22(3)49)68-44-41(65-27(8)54)40(64-26(7)53)38(62-24(5)51)34(67-44)19-59-23(4)50/h9-16,20,32-41,43-44H,17-19H2,1-8H3,(H,46,48)(H,47,57)(H,55,56). The smallest absolute Gasteiger partial charge is 0.407 e. The van der Waals surface area contributed by atoms with Crippen molar-refractivity contribution in [1.82, 2.24) is 10.6 Å². The molecule has 0 bridgehead atoms. The Morgan fingerprint density at radius 1 is 0.574 bits per heavy atom. The van der Waals surface area contributed by atoms with E-state index in [0.29, 0.717) is 0 Å². The van der Waals surface area contributed by atoms with Crippen LogP contribution in [-0.2, 0) is 90.5 Å². The normalized spacial score (nSPS) is 25.9. The summed E-state index contributed by atoms with van der Waals surface area (Å²) in [6.45, 7) is 7.01. The lowest BCUT2D eigenvalue weighted by Crippen LogP contribution is -2.69. The molecule has 12 atom stereocenters. The van der Waals surface area contributed by atoms with Crippen LogP contribution in [0.25, 0.3) is 11.1 Å². The second-order valence-electron chi connectivity index (χ2n) is 15.9. The van der Waals surface area contributed by atoms with Crippen LogP contribution in [0.3, 0.4) is 0 Å². The Bertz CT molecular complexity index is 2170. The van der Waals surface area contributed by atoms with Crippen molar-refractivity contribution in [1.29, 1.82) is 0 Å². The maximum atomic E-state index is 13.3. The summed E-state index contributed by atoms with van der Waals surface area (Å²) in [7, 11) is 0. The topological polar surface area (TPSA) is 299 Å². The Hall–Kier alpha value is -6.69. The molecule has 68 heavy (non-hydrogen) atoms. The molecule has 2 saturated heterocycles. The molecule has 370 valence electrons. The Kier molecular flexibility index (Phi) is 18.0. The highest BCUT2D eigenvalue weighted by Gasteiger charge is 2.57. The Balaban J connectivity index is 1.46. The monoisotopic (exact) mass is 958 g/mol. The fourth-order valence-electron chi connectivity index (χ4n) is 8.13. The van der Waals surface area contributed by atoms with E-state index in [1.54, 1.807) is 0 Å². The van der Waals surface area contributed by atoms with Gasteiger partial charge in [0.15, 0.2) is 43.0 Å². The van der Waals surface area contributed by atoms with E-state index in [1.165, 1.54) is 6.92 Å². The number of carbonyl (C=O) groups excluding carboxylic acids is 8. The zero-order chi connectivity index (χ0) is 50.0. The molecule has 2 heterocycles. The molecule has 0 spiro atoms. The number of hydrogen-bond acceptors (Lipinski definition) is 20. The molecule has 1 aliphatic carbocycles. The van der Waals surface area contributed by atoms with Crippen molar-refractivity contribution >= 4 is 53.8 Å². The number of benzene rings is 2. The van der Waals surface area contributed by atoms with E-state index in [9.17, 15) is 48.3 Å². The van der Waals surface area contributed by atoms with Gasteiger partial charge in [-0.05, 0) is 29.2 Å². The molecule has 23 heteroatoms. The Morgan fingerprint density at radius 2 is 1.04 bits per heavy atom. The van der Waals surface area contributed by atoms with Crippen LogP contribution in [0.1, 0.15) is 72.4 Å². The minimum atomic E-state index is -1.91.